The van der Waals surface area contributed by atoms with Crippen LogP contribution in [0.2, 0.25) is 0 Å². The van der Waals surface area contributed by atoms with Crippen LogP contribution in [-0.4, -0.2) is 37.1 Å². The highest BCUT2D eigenvalue weighted by molar-refractivity contribution is 5.88. The second kappa shape index (κ2) is 14.1. The van der Waals surface area contributed by atoms with Gasteiger partial charge in [-0.15, -0.1) is 0 Å². The number of hydrogen-bond acceptors (Lipinski definition) is 3. The first-order valence-corrected chi connectivity index (χ1v) is 8.72. The second-order valence-electron chi connectivity index (χ2n) is 5.72. The largest absolute Gasteiger partial charge is 0.463 e. The quantitative estimate of drug-likeness (QED) is 0.267. The van der Waals surface area contributed by atoms with Crippen LogP contribution in [0, 0.1) is 0 Å². The van der Waals surface area contributed by atoms with E-state index >= 15 is 0 Å². The molecule has 0 aromatic heterocycles. The monoisotopic (exact) mass is 297 g/mol. The maximum Gasteiger partial charge on any atom is 0.334 e. The van der Waals surface area contributed by atoms with Crippen molar-refractivity contribution in [2.24, 2.45) is 0 Å². The molecule has 0 bridgehead atoms. The van der Waals surface area contributed by atoms with E-state index in [1.54, 1.807) is 0 Å². The molecule has 0 atom stereocenters. The van der Waals surface area contributed by atoms with E-state index in [0.717, 1.165) is 13.1 Å². The van der Waals surface area contributed by atoms with E-state index in [2.05, 4.69) is 25.3 Å². The first kappa shape index (κ1) is 20.2. The molecule has 0 heterocycles. The van der Waals surface area contributed by atoms with Crippen LogP contribution < -0.4 is 0 Å². The zero-order valence-corrected chi connectivity index (χ0v) is 14.5. The normalized spacial score (nSPS) is 10.9. The molecule has 3 nitrogen and oxygen atoms in total. The lowest BCUT2D eigenvalue weighted by atomic mass is 10.1. The van der Waals surface area contributed by atoms with Crippen molar-refractivity contribution in [2.45, 2.75) is 72.1 Å². The van der Waals surface area contributed by atoms with Crippen LogP contribution in [-0.2, 0) is 9.53 Å². The van der Waals surface area contributed by atoms with Crippen molar-refractivity contribution in [1.29, 1.82) is 0 Å². The molecule has 0 unspecified atom stereocenters. The molecule has 3 heteroatoms. The third kappa shape index (κ3) is 11.5. The Morgan fingerprint density at radius 1 is 0.905 bits per heavy atom. The lowest BCUT2D eigenvalue weighted by Gasteiger charge is -2.22. The Morgan fingerprint density at radius 2 is 1.43 bits per heavy atom. The van der Waals surface area contributed by atoms with Gasteiger partial charge in [0.05, 0.1) is 6.61 Å². The second-order valence-corrected chi connectivity index (χ2v) is 5.72. The Balaban J connectivity index is 4.15. The smallest absolute Gasteiger partial charge is 0.334 e. The molecule has 124 valence electrons. The molecule has 0 aliphatic rings. The molecule has 0 rings (SSSR count). The zero-order chi connectivity index (χ0) is 15.9. The molecule has 0 radical (unpaired) electrons. The number of carbonyl (C=O) groups excluding carboxylic acids is 1. The van der Waals surface area contributed by atoms with E-state index in [9.17, 15) is 4.79 Å². The molecule has 0 amide bonds. The first-order chi connectivity index (χ1) is 10.2. The van der Waals surface area contributed by atoms with Crippen LogP contribution in [0.5, 0.6) is 0 Å². The third-order valence-electron chi connectivity index (χ3n) is 3.63. The van der Waals surface area contributed by atoms with Gasteiger partial charge >= 0.3 is 5.97 Å². The SMILES string of the molecule is C=C(CN(CCCCCC)CCCCCC)C(=O)OCC. The average molecular weight is 297 g/mol. The lowest BCUT2D eigenvalue weighted by Crippen LogP contribution is -2.30. The molecule has 0 saturated carbocycles. The van der Waals surface area contributed by atoms with Crippen molar-refractivity contribution in [1.82, 2.24) is 4.90 Å². The van der Waals surface area contributed by atoms with Crippen molar-refractivity contribution in [2.75, 3.05) is 26.2 Å². The van der Waals surface area contributed by atoms with Crippen LogP contribution in [0.1, 0.15) is 72.1 Å². The Labute approximate surface area is 131 Å². The maximum atomic E-state index is 11.7. The number of ether oxygens (including phenoxy) is 1. The van der Waals surface area contributed by atoms with Crippen LogP contribution in [0.4, 0.5) is 0 Å². The predicted molar refractivity (Wildman–Crippen MR) is 90.5 cm³/mol. The summed E-state index contributed by atoms with van der Waals surface area (Å²) in [6.07, 6.45) is 10.1. The van der Waals surface area contributed by atoms with Gasteiger partial charge in [0.15, 0.2) is 0 Å². The van der Waals surface area contributed by atoms with Gasteiger partial charge in [0.1, 0.15) is 0 Å². The first-order valence-electron chi connectivity index (χ1n) is 8.72. The predicted octanol–water partition coefficient (Wildman–Crippen LogP) is 4.57. The van der Waals surface area contributed by atoms with E-state index in [1.807, 2.05) is 6.92 Å². The Bertz CT molecular complexity index is 264. The van der Waals surface area contributed by atoms with E-state index in [1.165, 1.54) is 51.4 Å². The highest BCUT2D eigenvalue weighted by atomic mass is 16.5. The number of rotatable bonds is 14. The van der Waals surface area contributed by atoms with Crippen molar-refractivity contribution in [3.8, 4) is 0 Å². The third-order valence-corrected chi connectivity index (χ3v) is 3.63. The standard InChI is InChI=1S/C18H35NO2/c1-5-8-10-12-14-19(15-13-11-9-6-2)16-17(4)18(20)21-7-3/h4-16H2,1-3H3. The van der Waals surface area contributed by atoms with Crippen molar-refractivity contribution < 1.29 is 9.53 Å². The molecular formula is C18H35NO2. The molecule has 21 heavy (non-hydrogen) atoms. The minimum absolute atomic E-state index is 0.246. The van der Waals surface area contributed by atoms with Gasteiger partial charge in [-0.25, -0.2) is 4.79 Å². The van der Waals surface area contributed by atoms with Crippen LogP contribution >= 0.6 is 0 Å². The van der Waals surface area contributed by atoms with Gasteiger partial charge in [0.25, 0.3) is 0 Å². The summed E-state index contributed by atoms with van der Waals surface area (Å²) in [6, 6.07) is 0. The Hall–Kier alpha value is -0.830. The summed E-state index contributed by atoms with van der Waals surface area (Å²) in [5.41, 5.74) is 0.586. The highest BCUT2D eigenvalue weighted by Crippen LogP contribution is 2.08. The van der Waals surface area contributed by atoms with E-state index < -0.39 is 0 Å². The zero-order valence-electron chi connectivity index (χ0n) is 14.5. The van der Waals surface area contributed by atoms with E-state index in [0.29, 0.717) is 18.7 Å². The maximum absolute atomic E-state index is 11.7. The summed E-state index contributed by atoms with van der Waals surface area (Å²) < 4.78 is 5.03. The summed E-state index contributed by atoms with van der Waals surface area (Å²) in [7, 11) is 0. The van der Waals surface area contributed by atoms with Gasteiger partial charge < -0.3 is 4.74 Å². The summed E-state index contributed by atoms with van der Waals surface area (Å²) in [5.74, 6) is -0.246. The van der Waals surface area contributed by atoms with Gasteiger partial charge in [-0.3, -0.25) is 4.90 Å². The fourth-order valence-corrected chi connectivity index (χ4v) is 2.36. The fourth-order valence-electron chi connectivity index (χ4n) is 2.36. The lowest BCUT2D eigenvalue weighted by molar-refractivity contribution is -0.138. The minimum Gasteiger partial charge on any atom is -0.463 e. The number of unbranched alkanes of at least 4 members (excludes halogenated alkanes) is 6. The summed E-state index contributed by atoms with van der Waals surface area (Å²) in [4.78, 5) is 14.0. The minimum atomic E-state index is -0.246. The van der Waals surface area contributed by atoms with Crippen molar-refractivity contribution >= 4 is 5.97 Å². The molecule has 0 N–H and O–H groups in total. The molecule has 0 aliphatic heterocycles. The van der Waals surface area contributed by atoms with Gasteiger partial charge in [-0.1, -0.05) is 59.0 Å². The number of esters is 1. The number of nitrogens with zero attached hydrogens (tertiary/aromatic N) is 1. The molecule has 0 fully saturated rings. The Morgan fingerprint density at radius 3 is 1.86 bits per heavy atom. The molecule has 0 aliphatic carbocycles. The summed E-state index contributed by atoms with van der Waals surface area (Å²) in [6.45, 7) is 13.4. The molecular weight excluding hydrogens is 262 g/mol. The van der Waals surface area contributed by atoms with E-state index in [-0.39, 0.29) is 5.97 Å². The average Bonchev–Trinajstić information content (AvgIpc) is 2.47. The van der Waals surface area contributed by atoms with Crippen LogP contribution in [0.3, 0.4) is 0 Å². The molecule has 0 aromatic rings. The highest BCUT2D eigenvalue weighted by Gasteiger charge is 2.13. The fraction of sp³-hybridized carbons (Fsp3) is 0.833. The number of hydrogen-bond donors (Lipinski definition) is 0. The van der Waals surface area contributed by atoms with Gasteiger partial charge in [0, 0.05) is 12.1 Å². The molecule has 0 aromatic carbocycles. The topological polar surface area (TPSA) is 29.5 Å². The number of carbonyl (C=O) groups is 1. The van der Waals surface area contributed by atoms with Crippen LogP contribution in [0.15, 0.2) is 12.2 Å². The van der Waals surface area contributed by atoms with Crippen LogP contribution in [0.25, 0.3) is 0 Å². The molecule has 0 spiro atoms. The van der Waals surface area contributed by atoms with Gasteiger partial charge in [-0.05, 0) is 32.9 Å². The van der Waals surface area contributed by atoms with Crippen molar-refractivity contribution in [3.63, 3.8) is 0 Å². The molecule has 0 saturated heterocycles. The Kier molecular flexibility index (Phi) is 13.6. The van der Waals surface area contributed by atoms with Gasteiger partial charge in [-0.2, -0.15) is 0 Å². The van der Waals surface area contributed by atoms with E-state index in [4.69, 9.17) is 4.74 Å². The van der Waals surface area contributed by atoms with Gasteiger partial charge in [0.2, 0.25) is 0 Å². The summed E-state index contributed by atoms with van der Waals surface area (Å²) in [5, 5.41) is 0. The summed E-state index contributed by atoms with van der Waals surface area (Å²) >= 11 is 0. The van der Waals surface area contributed by atoms with Crippen molar-refractivity contribution in [3.05, 3.63) is 12.2 Å².